The van der Waals surface area contributed by atoms with Crippen LogP contribution in [-0.4, -0.2) is 36.0 Å². The highest BCUT2D eigenvalue weighted by Crippen LogP contribution is 2.24. The van der Waals surface area contributed by atoms with Gasteiger partial charge in [0.25, 0.3) is 0 Å². The summed E-state index contributed by atoms with van der Waals surface area (Å²) in [7, 11) is 0. The fourth-order valence-electron chi connectivity index (χ4n) is 1.70. The van der Waals surface area contributed by atoms with Gasteiger partial charge < -0.3 is 10.6 Å². The maximum atomic E-state index is 11.5. The highest BCUT2D eigenvalue weighted by molar-refractivity contribution is 7.99. The van der Waals surface area contributed by atoms with E-state index in [-0.39, 0.29) is 11.9 Å². The first-order chi connectivity index (χ1) is 7.74. The van der Waals surface area contributed by atoms with Crippen LogP contribution >= 0.6 is 11.8 Å². The van der Waals surface area contributed by atoms with Crippen LogP contribution in [0.3, 0.4) is 0 Å². The molecule has 2 N–H and O–H groups in total. The van der Waals surface area contributed by atoms with Crippen LogP contribution in [0.1, 0.15) is 26.2 Å². The molecule has 1 heterocycles. The lowest BCUT2D eigenvalue weighted by atomic mass is 10.2. The number of rotatable bonds is 6. The van der Waals surface area contributed by atoms with E-state index in [4.69, 9.17) is 0 Å². The third kappa shape index (κ3) is 5.03. The van der Waals surface area contributed by atoms with Crippen molar-refractivity contribution in [3.8, 4) is 0 Å². The molecular weight excluding hydrogens is 220 g/mol. The van der Waals surface area contributed by atoms with E-state index in [0.29, 0.717) is 11.8 Å². The molecule has 0 spiro atoms. The van der Waals surface area contributed by atoms with Crippen LogP contribution in [0.25, 0.3) is 0 Å². The highest BCUT2D eigenvalue weighted by Gasteiger charge is 2.16. The Morgan fingerprint density at radius 2 is 2.44 bits per heavy atom. The summed E-state index contributed by atoms with van der Waals surface area (Å²) in [5.74, 6) is 1.32. The van der Waals surface area contributed by atoms with Crippen molar-refractivity contribution in [2.24, 2.45) is 0 Å². The van der Waals surface area contributed by atoms with Crippen molar-refractivity contribution in [2.75, 3.05) is 18.8 Å². The molecule has 0 bridgehead atoms. The Bertz CT molecular complexity index is 227. The zero-order chi connectivity index (χ0) is 11.8. The fourth-order valence-corrected chi connectivity index (χ4v) is 2.95. The molecule has 0 saturated carbocycles. The smallest absolute Gasteiger partial charge is 0.237 e. The van der Waals surface area contributed by atoms with Crippen molar-refractivity contribution in [3.63, 3.8) is 0 Å². The Labute approximate surface area is 102 Å². The van der Waals surface area contributed by atoms with Crippen molar-refractivity contribution in [1.29, 1.82) is 0 Å². The molecule has 4 heteroatoms. The summed E-state index contributed by atoms with van der Waals surface area (Å²) >= 11 is 2.02. The van der Waals surface area contributed by atoms with Gasteiger partial charge >= 0.3 is 0 Å². The lowest BCUT2D eigenvalue weighted by Gasteiger charge is -2.23. The molecule has 0 aliphatic carbocycles. The topological polar surface area (TPSA) is 41.1 Å². The molecule has 0 aromatic heterocycles. The Morgan fingerprint density at radius 1 is 1.62 bits per heavy atom. The lowest BCUT2D eigenvalue weighted by molar-refractivity contribution is -0.122. The molecule has 1 aliphatic heterocycles. The Kier molecular flexibility index (Phi) is 6.57. The van der Waals surface area contributed by atoms with Crippen LogP contribution in [0.4, 0.5) is 0 Å². The highest BCUT2D eigenvalue weighted by atomic mass is 32.2. The lowest BCUT2D eigenvalue weighted by Crippen LogP contribution is -2.44. The maximum Gasteiger partial charge on any atom is 0.237 e. The quantitative estimate of drug-likeness (QED) is 0.694. The first kappa shape index (κ1) is 13.6. The Balaban J connectivity index is 2.15. The second-order valence-corrected chi connectivity index (χ2v) is 5.56. The van der Waals surface area contributed by atoms with Crippen molar-refractivity contribution in [3.05, 3.63) is 12.7 Å². The molecule has 0 aromatic rings. The molecule has 1 fully saturated rings. The summed E-state index contributed by atoms with van der Waals surface area (Å²) in [5, 5.41) is 6.77. The number of carbonyl (C=O) groups excluding carboxylic acids is 1. The molecule has 2 unspecified atom stereocenters. The number of carbonyl (C=O) groups is 1. The van der Waals surface area contributed by atoms with Crippen molar-refractivity contribution in [2.45, 2.75) is 37.5 Å². The molecule has 2 atom stereocenters. The van der Waals surface area contributed by atoms with Crippen molar-refractivity contribution >= 4 is 17.7 Å². The number of hydrogen-bond donors (Lipinski definition) is 2. The minimum Gasteiger partial charge on any atom is -0.351 e. The molecule has 1 rings (SSSR count). The summed E-state index contributed by atoms with van der Waals surface area (Å²) in [6.07, 6.45) is 5.65. The molecule has 16 heavy (non-hydrogen) atoms. The van der Waals surface area contributed by atoms with E-state index in [9.17, 15) is 4.79 Å². The first-order valence-corrected chi connectivity index (χ1v) is 7.02. The van der Waals surface area contributed by atoms with E-state index >= 15 is 0 Å². The number of thioether (sulfide) groups is 1. The standard InChI is InChI=1S/C12H22N2OS/c1-3-7-13-12(15)10(2)14-9-11-6-4-5-8-16-11/h3,10-11,14H,1,4-9H2,2H3,(H,13,15). The Morgan fingerprint density at radius 3 is 3.06 bits per heavy atom. The molecule has 92 valence electrons. The minimum atomic E-state index is -0.109. The van der Waals surface area contributed by atoms with Crippen LogP contribution in [0.2, 0.25) is 0 Å². The van der Waals surface area contributed by atoms with Gasteiger partial charge in [0.1, 0.15) is 0 Å². The zero-order valence-electron chi connectivity index (χ0n) is 10.00. The van der Waals surface area contributed by atoms with Gasteiger partial charge in [-0.25, -0.2) is 0 Å². The molecule has 1 saturated heterocycles. The second kappa shape index (κ2) is 7.74. The molecule has 0 aromatic carbocycles. The SMILES string of the molecule is C=CCNC(=O)C(C)NCC1CCCCS1. The van der Waals surface area contributed by atoms with Gasteiger partial charge in [-0.15, -0.1) is 6.58 Å². The monoisotopic (exact) mass is 242 g/mol. The van der Waals surface area contributed by atoms with Crippen molar-refractivity contribution < 1.29 is 4.79 Å². The van der Waals surface area contributed by atoms with E-state index in [1.165, 1.54) is 25.0 Å². The Hall–Kier alpha value is -0.480. The van der Waals surface area contributed by atoms with Crippen LogP contribution in [-0.2, 0) is 4.79 Å². The number of nitrogens with one attached hydrogen (secondary N) is 2. The summed E-state index contributed by atoms with van der Waals surface area (Å²) in [5.41, 5.74) is 0. The maximum absolute atomic E-state index is 11.5. The normalized spacial score (nSPS) is 22.4. The average molecular weight is 242 g/mol. The van der Waals surface area contributed by atoms with Crippen LogP contribution in [0.5, 0.6) is 0 Å². The largest absolute Gasteiger partial charge is 0.351 e. The van der Waals surface area contributed by atoms with Crippen molar-refractivity contribution in [1.82, 2.24) is 10.6 Å². The first-order valence-electron chi connectivity index (χ1n) is 5.97. The second-order valence-electron chi connectivity index (χ2n) is 4.15. The predicted molar refractivity (Wildman–Crippen MR) is 70.8 cm³/mol. The van der Waals surface area contributed by atoms with Gasteiger partial charge in [0.2, 0.25) is 5.91 Å². The van der Waals surface area contributed by atoms with Gasteiger partial charge in [0.15, 0.2) is 0 Å². The fraction of sp³-hybridized carbons (Fsp3) is 0.750. The van der Waals surface area contributed by atoms with Gasteiger partial charge in [-0.2, -0.15) is 11.8 Å². The van der Waals surface area contributed by atoms with Gasteiger partial charge in [-0.3, -0.25) is 4.79 Å². The van der Waals surface area contributed by atoms with E-state index in [1.807, 2.05) is 18.7 Å². The number of hydrogen-bond acceptors (Lipinski definition) is 3. The summed E-state index contributed by atoms with van der Waals surface area (Å²) in [4.78, 5) is 11.5. The third-order valence-corrected chi connectivity index (χ3v) is 4.14. The average Bonchev–Trinajstić information content (AvgIpc) is 2.34. The molecule has 1 aliphatic rings. The van der Waals surface area contributed by atoms with Gasteiger partial charge in [0, 0.05) is 18.3 Å². The van der Waals surface area contributed by atoms with Gasteiger partial charge in [-0.1, -0.05) is 12.5 Å². The van der Waals surface area contributed by atoms with Gasteiger partial charge in [-0.05, 0) is 25.5 Å². The molecule has 3 nitrogen and oxygen atoms in total. The summed E-state index contributed by atoms with van der Waals surface area (Å²) < 4.78 is 0. The minimum absolute atomic E-state index is 0.0562. The summed E-state index contributed by atoms with van der Waals surface area (Å²) in [6.45, 7) is 6.96. The summed E-state index contributed by atoms with van der Waals surface area (Å²) in [6, 6.07) is -0.109. The van der Waals surface area contributed by atoms with E-state index < -0.39 is 0 Å². The van der Waals surface area contributed by atoms with E-state index in [0.717, 1.165) is 6.54 Å². The molecular formula is C12H22N2OS. The van der Waals surface area contributed by atoms with Gasteiger partial charge in [0.05, 0.1) is 6.04 Å². The van der Waals surface area contributed by atoms with E-state index in [2.05, 4.69) is 17.2 Å². The van der Waals surface area contributed by atoms with Crippen LogP contribution < -0.4 is 10.6 Å². The molecule has 1 amide bonds. The predicted octanol–water partition coefficient (Wildman–Crippen LogP) is 1.55. The van der Waals surface area contributed by atoms with Crippen LogP contribution in [0.15, 0.2) is 12.7 Å². The van der Waals surface area contributed by atoms with E-state index in [1.54, 1.807) is 6.08 Å². The molecule has 0 radical (unpaired) electrons. The third-order valence-electron chi connectivity index (χ3n) is 2.74. The van der Waals surface area contributed by atoms with Crippen LogP contribution in [0, 0.1) is 0 Å². The zero-order valence-corrected chi connectivity index (χ0v) is 10.8. The number of amides is 1.